The second kappa shape index (κ2) is 4.59. The number of nitrogens with two attached hydrogens (primary N) is 1. The molecule has 4 nitrogen and oxygen atoms in total. The smallest absolute Gasteiger partial charge is 0.196 e. The van der Waals surface area contributed by atoms with E-state index in [0.29, 0.717) is 12.5 Å². The number of aromatic nitrogens is 1. The summed E-state index contributed by atoms with van der Waals surface area (Å²) in [6, 6.07) is 10.2. The molecule has 1 aromatic carbocycles. The number of benzene rings is 1. The summed E-state index contributed by atoms with van der Waals surface area (Å²) in [4.78, 5) is 10.3. The monoisotopic (exact) mass is 270 g/mol. The van der Waals surface area contributed by atoms with E-state index in [0.717, 1.165) is 11.3 Å². The van der Waals surface area contributed by atoms with Gasteiger partial charge in [0, 0.05) is 18.1 Å². The third-order valence-electron chi connectivity index (χ3n) is 3.66. The van der Waals surface area contributed by atoms with Crippen LogP contribution in [-0.2, 0) is 5.54 Å². The summed E-state index contributed by atoms with van der Waals surface area (Å²) in [6.07, 6.45) is 3.50. The summed E-state index contributed by atoms with van der Waals surface area (Å²) in [7, 11) is 0. The Morgan fingerprint density at radius 2 is 1.80 bits per heavy atom. The zero-order valence-electron chi connectivity index (χ0n) is 11.1. The van der Waals surface area contributed by atoms with Gasteiger partial charge in [0.25, 0.3) is 0 Å². The van der Waals surface area contributed by atoms with Crippen molar-refractivity contribution in [2.75, 3.05) is 11.4 Å². The van der Waals surface area contributed by atoms with Crippen LogP contribution in [0.15, 0.2) is 53.8 Å². The van der Waals surface area contributed by atoms with Gasteiger partial charge in [-0.15, -0.1) is 0 Å². The standard InChI is InChI=1S/C15H15FN4/c1-15(11-6-8-18-9-7-11)10-19-14(17)20(15)13-4-2-12(16)3-5-13/h2-9H,10H2,1H3,(H2,17,19). The molecule has 0 radical (unpaired) electrons. The molecule has 0 amide bonds. The fourth-order valence-electron chi connectivity index (χ4n) is 2.57. The first-order valence-electron chi connectivity index (χ1n) is 6.37. The first-order chi connectivity index (χ1) is 9.61. The Morgan fingerprint density at radius 1 is 1.15 bits per heavy atom. The lowest BCUT2D eigenvalue weighted by atomic mass is 9.91. The molecule has 2 aromatic rings. The van der Waals surface area contributed by atoms with E-state index in [1.165, 1.54) is 12.1 Å². The summed E-state index contributed by atoms with van der Waals surface area (Å²) in [6.45, 7) is 2.62. The van der Waals surface area contributed by atoms with Crippen LogP contribution in [0.3, 0.4) is 0 Å². The molecule has 2 N–H and O–H groups in total. The molecule has 1 aromatic heterocycles. The molecular weight excluding hydrogens is 255 g/mol. The van der Waals surface area contributed by atoms with Gasteiger partial charge >= 0.3 is 0 Å². The lowest BCUT2D eigenvalue weighted by Gasteiger charge is -2.36. The van der Waals surface area contributed by atoms with Gasteiger partial charge in [0.15, 0.2) is 5.96 Å². The number of aliphatic imine (C=N–C) groups is 1. The van der Waals surface area contributed by atoms with Crippen molar-refractivity contribution < 1.29 is 4.39 Å². The van der Waals surface area contributed by atoms with Gasteiger partial charge in [0.05, 0.1) is 12.1 Å². The predicted molar refractivity (Wildman–Crippen MR) is 77.0 cm³/mol. The Hall–Kier alpha value is -2.43. The number of rotatable bonds is 2. The van der Waals surface area contributed by atoms with Crippen LogP contribution < -0.4 is 10.6 Å². The molecule has 1 aliphatic heterocycles. The van der Waals surface area contributed by atoms with Gasteiger partial charge in [-0.05, 0) is 48.9 Å². The van der Waals surface area contributed by atoms with E-state index >= 15 is 0 Å². The SMILES string of the molecule is CC1(c2ccncc2)CN=C(N)N1c1ccc(F)cc1. The third kappa shape index (κ3) is 1.91. The van der Waals surface area contributed by atoms with Crippen LogP contribution in [0.4, 0.5) is 10.1 Å². The van der Waals surface area contributed by atoms with Crippen molar-refractivity contribution in [3.63, 3.8) is 0 Å². The van der Waals surface area contributed by atoms with Crippen LogP contribution >= 0.6 is 0 Å². The maximum Gasteiger partial charge on any atom is 0.196 e. The molecule has 0 spiro atoms. The largest absolute Gasteiger partial charge is 0.369 e. The molecule has 3 rings (SSSR count). The van der Waals surface area contributed by atoms with Gasteiger partial charge in [0.1, 0.15) is 5.82 Å². The molecule has 1 atom stereocenters. The van der Waals surface area contributed by atoms with Gasteiger partial charge in [0.2, 0.25) is 0 Å². The summed E-state index contributed by atoms with van der Waals surface area (Å²) >= 11 is 0. The summed E-state index contributed by atoms with van der Waals surface area (Å²) < 4.78 is 13.1. The van der Waals surface area contributed by atoms with E-state index in [-0.39, 0.29) is 11.4 Å². The van der Waals surface area contributed by atoms with Crippen LogP contribution in [0.25, 0.3) is 0 Å². The average Bonchev–Trinajstić information content (AvgIpc) is 2.78. The van der Waals surface area contributed by atoms with E-state index in [1.807, 2.05) is 17.0 Å². The molecule has 0 fully saturated rings. The first-order valence-corrected chi connectivity index (χ1v) is 6.37. The van der Waals surface area contributed by atoms with Gasteiger partial charge in [-0.2, -0.15) is 0 Å². The predicted octanol–water partition coefficient (Wildman–Crippen LogP) is 2.27. The molecule has 0 bridgehead atoms. The second-order valence-corrected chi connectivity index (χ2v) is 5.00. The number of guanidine groups is 1. The van der Waals surface area contributed by atoms with Gasteiger partial charge in [-0.25, -0.2) is 4.39 Å². The molecular formula is C15H15FN4. The van der Waals surface area contributed by atoms with Gasteiger partial charge in [-0.1, -0.05) is 0 Å². The van der Waals surface area contributed by atoms with E-state index in [1.54, 1.807) is 24.5 Å². The average molecular weight is 270 g/mol. The highest BCUT2D eigenvalue weighted by atomic mass is 19.1. The molecule has 0 saturated heterocycles. The highest BCUT2D eigenvalue weighted by Crippen LogP contribution is 2.36. The van der Waals surface area contributed by atoms with Crippen molar-refractivity contribution >= 4 is 11.6 Å². The molecule has 1 aliphatic rings. The van der Waals surface area contributed by atoms with Crippen LogP contribution in [0, 0.1) is 5.82 Å². The number of pyridine rings is 1. The molecule has 102 valence electrons. The number of nitrogens with zero attached hydrogens (tertiary/aromatic N) is 3. The van der Waals surface area contributed by atoms with Crippen molar-refractivity contribution in [2.24, 2.45) is 10.7 Å². The van der Waals surface area contributed by atoms with Gasteiger partial charge < -0.3 is 10.6 Å². The number of halogens is 1. The summed E-state index contributed by atoms with van der Waals surface area (Å²) in [5.41, 5.74) is 7.54. The Labute approximate surface area is 116 Å². The zero-order valence-corrected chi connectivity index (χ0v) is 11.1. The number of hydrogen-bond donors (Lipinski definition) is 1. The molecule has 20 heavy (non-hydrogen) atoms. The fraction of sp³-hybridized carbons (Fsp3) is 0.200. The Bertz CT molecular complexity index is 639. The van der Waals surface area contributed by atoms with Crippen molar-refractivity contribution in [3.8, 4) is 0 Å². The quantitative estimate of drug-likeness (QED) is 0.910. The van der Waals surface area contributed by atoms with Crippen molar-refractivity contribution in [2.45, 2.75) is 12.5 Å². The Morgan fingerprint density at radius 3 is 2.45 bits per heavy atom. The van der Waals surface area contributed by atoms with Crippen molar-refractivity contribution in [3.05, 3.63) is 60.2 Å². The summed E-state index contributed by atoms with van der Waals surface area (Å²) in [5, 5.41) is 0. The minimum absolute atomic E-state index is 0.269. The van der Waals surface area contributed by atoms with E-state index in [4.69, 9.17) is 5.73 Å². The van der Waals surface area contributed by atoms with Crippen LogP contribution in [0.5, 0.6) is 0 Å². The van der Waals surface area contributed by atoms with E-state index < -0.39 is 0 Å². The van der Waals surface area contributed by atoms with Crippen LogP contribution in [0.2, 0.25) is 0 Å². The lowest BCUT2D eigenvalue weighted by Crippen LogP contribution is -2.47. The zero-order chi connectivity index (χ0) is 14.2. The first kappa shape index (κ1) is 12.6. The van der Waals surface area contributed by atoms with E-state index in [2.05, 4.69) is 16.9 Å². The summed E-state index contributed by atoms with van der Waals surface area (Å²) in [5.74, 6) is 0.171. The molecule has 1 unspecified atom stereocenters. The highest BCUT2D eigenvalue weighted by molar-refractivity contribution is 5.98. The second-order valence-electron chi connectivity index (χ2n) is 5.00. The number of anilines is 1. The topological polar surface area (TPSA) is 54.5 Å². The molecule has 5 heteroatoms. The number of hydrogen-bond acceptors (Lipinski definition) is 4. The fourth-order valence-corrected chi connectivity index (χ4v) is 2.57. The van der Waals surface area contributed by atoms with Crippen LogP contribution in [0.1, 0.15) is 12.5 Å². The van der Waals surface area contributed by atoms with Crippen LogP contribution in [-0.4, -0.2) is 17.5 Å². The molecule has 0 saturated carbocycles. The maximum absolute atomic E-state index is 13.1. The highest BCUT2D eigenvalue weighted by Gasteiger charge is 2.40. The Kier molecular flexibility index (Phi) is 2.89. The van der Waals surface area contributed by atoms with Crippen molar-refractivity contribution in [1.29, 1.82) is 0 Å². The molecule has 2 heterocycles. The third-order valence-corrected chi connectivity index (χ3v) is 3.66. The maximum atomic E-state index is 13.1. The minimum Gasteiger partial charge on any atom is -0.369 e. The molecule has 0 aliphatic carbocycles. The normalized spacial score (nSPS) is 21.9. The van der Waals surface area contributed by atoms with E-state index in [9.17, 15) is 4.39 Å². The lowest BCUT2D eigenvalue weighted by molar-refractivity contribution is 0.531. The van der Waals surface area contributed by atoms with Gasteiger partial charge in [-0.3, -0.25) is 9.98 Å². The van der Waals surface area contributed by atoms with Crippen molar-refractivity contribution in [1.82, 2.24) is 4.98 Å². The minimum atomic E-state index is -0.384. The Balaban J connectivity index is 2.06.